The topological polar surface area (TPSA) is 18.5 Å². The smallest absolute Gasteiger partial charge is 0.200 e. The van der Waals surface area contributed by atoms with Gasteiger partial charge in [-0.25, -0.2) is 0 Å². The molecule has 0 radical (unpaired) electrons. The van der Waals surface area contributed by atoms with Crippen molar-refractivity contribution in [2.45, 2.75) is 59.4 Å². The van der Waals surface area contributed by atoms with Crippen molar-refractivity contribution in [1.29, 1.82) is 0 Å². The van der Waals surface area contributed by atoms with Crippen LogP contribution in [0.5, 0.6) is 5.75 Å². The average Bonchev–Trinajstić information content (AvgIpc) is 2.23. The van der Waals surface area contributed by atoms with Crippen molar-refractivity contribution in [2.75, 3.05) is 0 Å². The fraction of sp³-hybridized carbons (Fsp3) is 0.600. The summed E-state index contributed by atoms with van der Waals surface area (Å²) in [5, 5.41) is 0. The van der Waals surface area contributed by atoms with Gasteiger partial charge in [0.2, 0.25) is 0 Å². The summed E-state index contributed by atoms with van der Waals surface area (Å²) >= 11 is 0. The lowest BCUT2D eigenvalue weighted by molar-refractivity contribution is -0.141. The molecule has 1 saturated heterocycles. The fourth-order valence-electron chi connectivity index (χ4n) is 2.54. The van der Waals surface area contributed by atoms with Crippen LogP contribution in [0.1, 0.15) is 42.9 Å². The zero-order chi connectivity index (χ0) is 12.4. The molecule has 0 spiro atoms. The van der Waals surface area contributed by atoms with Gasteiger partial charge in [-0.1, -0.05) is 17.7 Å². The van der Waals surface area contributed by atoms with Gasteiger partial charge < -0.3 is 9.47 Å². The summed E-state index contributed by atoms with van der Waals surface area (Å²) in [6, 6.07) is 4.32. The third-order valence-corrected chi connectivity index (χ3v) is 3.29. The monoisotopic (exact) mass is 234 g/mol. The Balaban J connectivity index is 2.12. The third kappa shape index (κ3) is 3.01. The molecule has 0 N–H and O–H groups in total. The zero-order valence-electron chi connectivity index (χ0n) is 11.2. The molecule has 1 aromatic rings. The van der Waals surface area contributed by atoms with Crippen LogP contribution in [0, 0.1) is 20.8 Å². The SMILES string of the molecule is Cc1cc(C)c(O[C@@H]2CCC[C@H](C)O2)c(C)c1. The molecule has 2 rings (SSSR count). The average molecular weight is 234 g/mol. The maximum absolute atomic E-state index is 6.02. The fourth-order valence-corrected chi connectivity index (χ4v) is 2.54. The second-order valence-electron chi connectivity index (χ2n) is 5.15. The molecule has 0 amide bonds. The van der Waals surface area contributed by atoms with Crippen LogP contribution in [-0.2, 0) is 4.74 Å². The Morgan fingerprint density at radius 1 is 1.12 bits per heavy atom. The lowest BCUT2D eigenvalue weighted by Crippen LogP contribution is -2.30. The van der Waals surface area contributed by atoms with E-state index in [0.29, 0.717) is 6.10 Å². The largest absolute Gasteiger partial charge is 0.464 e. The lowest BCUT2D eigenvalue weighted by Gasteiger charge is -2.29. The van der Waals surface area contributed by atoms with Crippen LogP contribution in [0.25, 0.3) is 0 Å². The van der Waals surface area contributed by atoms with Crippen molar-refractivity contribution < 1.29 is 9.47 Å². The van der Waals surface area contributed by atoms with E-state index in [-0.39, 0.29) is 6.29 Å². The van der Waals surface area contributed by atoms with Crippen molar-refractivity contribution in [3.8, 4) is 5.75 Å². The van der Waals surface area contributed by atoms with Gasteiger partial charge in [0, 0.05) is 6.42 Å². The minimum absolute atomic E-state index is 0.0705. The van der Waals surface area contributed by atoms with Gasteiger partial charge in [-0.3, -0.25) is 0 Å². The van der Waals surface area contributed by atoms with E-state index in [1.165, 1.54) is 23.1 Å². The highest BCUT2D eigenvalue weighted by Crippen LogP contribution is 2.28. The molecule has 2 atom stereocenters. The molecule has 1 aliphatic rings. The Morgan fingerprint density at radius 2 is 1.76 bits per heavy atom. The normalized spacial score (nSPS) is 24.7. The summed E-state index contributed by atoms with van der Waals surface area (Å²) in [4.78, 5) is 0. The molecule has 17 heavy (non-hydrogen) atoms. The zero-order valence-corrected chi connectivity index (χ0v) is 11.2. The van der Waals surface area contributed by atoms with Gasteiger partial charge in [0.05, 0.1) is 6.10 Å². The van der Waals surface area contributed by atoms with Crippen molar-refractivity contribution in [1.82, 2.24) is 0 Å². The van der Waals surface area contributed by atoms with Crippen LogP contribution in [0.3, 0.4) is 0 Å². The highest BCUT2D eigenvalue weighted by Gasteiger charge is 2.21. The van der Waals surface area contributed by atoms with Crippen LogP contribution in [0.15, 0.2) is 12.1 Å². The number of rotatable bonds is 2. The molecule has 1 aliphatic heterocycles. The van der Waals surface area contributed by atoms with Crippen LogP contribution in [-0.4, -0.2) is 12.4 Å². The number of hydrogen-bond acceptors (Lipinski definition) is 2. The molecule has 94 valence electrons. The Hall–Kier alpha value is -1.02. The number of ether oxygens (including phenoxy) is 2. The Bertz CT molecular complexity index is 375. The van der Waals surface area contributed by atoms with E-state index in [9.17, 15) is 0 Å². The minimum Gasteiger partial charge on any atom is -0.464 e. The third-order valence-electron chi connectivity index (χ3n) is 3.29. The van der Waals surface area contributed by atoms with Crippen LogP contribution in [0.4, 0.5) is 0 Å². The molecular weight excluding hydrogens is 212 g/mol. The van der Waals surface area contributed by atoms with E-state index in [0.717, 1.165) is 18.6 Å². The quantitative estimate of drug-likeness (QED) is 0.772. The molecule has 1 aromatic carbocycles. The first-order valence-electron chi connectivity index (χ1n) is 6.46. The van der Waals surface area contributed by atoms with Crippen molar-refractivity contribution in [2.24, 2.45) is 0 Å². The highest BCUT2D eigenvalue weighted by atomic mass is 16.7. The first kappa shape index (κ1) is 12.4. The summed E-state index contributed by atoms with van der Waals surface area (Å²) in [7, 11) is 0. The summed E-state index contributed by atoms with van der Waals surface area (Å²) in [6.45, 7) is 8.43. The number of benzene rings is 1. The van der Waals surface area contributed by atoms with Crippen molar-refractivity contribution in [3.63, 3.8) is 0 Å². The molecule has 1 fully saturated rings. The Kier molecular flexibility index (Phi) is 3.72. The summed E-state index contributed by atoms with van der Waals surface area (Å²) in [5.74, 6) is 0.995. The summed E-state index contributed by atoms with van der Waals surface area (Å²) in [6.07, 6.45) is 3.58. The van der Waals surface area contributed by atoms with Gasteiger partial charge >= 0.3 is 0 Å². The van der Waals surface area contributed by atoms with E-state index >= 15 is 0 Å². The van der Waals surface area contributed by atoms with Crippen molar-refractivity contribution >= 4 is 0 Å². The summed E-state index contributed by atoms with van der Waals surface area (Å²) in [5.41, 5.74) is 3.68. The molecule has 0 aliphatic carbocycles. The molecule has 0 bridgehead atoms. The predicted octanol–water partition coefficient (Wildman–Crippen LogP) is 3.91. The van der Waals surface area contributed by atoms with E-state index in [1.807, 2.05) is 0 Å². The molecule has 0 aromatic heterocycles. The first-order chi connectivity index (χ1) is 8.06. The van der Waals surface area contributed by atoms with Gasteiger partial charge in [-0.05, 0) is 51.7 Å². The number of aryl methyl sites for hydroxylation is 3. The second kappa shape index (κ2) is 5.09. The standard InChI is InChI=1S/C15H22O2/c1-10-8-11(2)15(12(3)9-10)17-14-7-5-6-13(4)16-14/h8-9,13-14H,5-7H2,1-4H3/t13-,14+/m0/s1. The lowest BCUT2D eigenvalue weighted by atomic mass is 10.1. The van der Waals surface area contributed by atoms with Crippen LogP contribution < -0.4 is 4.74 Å². The van der Waals surface area contributed by atoms with Crippen LogP contribution in [0.2, 0.25) is 0 Å². The Morgan fingerprint density at radius 3 is 2.35 bits per heavy atom. The molecule has 1 heterocycles. The second-order valence-corrected chi connectivity index (χ2v) is 5.15. The van der Waals surface area contributed by atoms with E-state index in [2.05, 4.69) is 39.8 Å². The maximum atomic E-state index is 6.02. The molecule has 0 saturated carbocycles. The molecule has 2 nitrogen and oxygen atoms in total. The molecule has 2 heteroatoms. The van der Waals surface area contributed by atoms with Crippen molar-refractivity contribution in [3.05, 3.63) is 28.8 Å². The first-order valence-corrected chi connectivity index (χ1v) is 6.46. The molecule has 0 unspecified atom stereocenters. The van der Waals surface area contributed by atoms with Crippen LogP contribution >= 0.6 is 0 Å². The maximum Gasteiger partial charge on any atom is 0.200 e. The minimum atomic E-state index is -0.0705. The van der Waals surface area contributed by atoms with Gasteiger partial charge in [-0.15, -0.1) is 0 Å². The number of hydrogen-bond donors (Lipinski definition) is 0. The van der Waals surface area contributed by atoms with E-state index in [4.69, 9.17) is 9.47 Å². The molecular formula is C15H22O2. The van der Waals surface area contributed by atoms with Gasteiger partial charge in [0.25, 0.3) is 0 Å². The van der Waals surface area contributed by atoms with Gasteiger partial charge in [0.15, 0.2) is 6.29 Å². The Labute approximate surface area is 104 Å². The van der Waals surface area contributed by atoms with Gasteiger partial charge in [-0.2, -0.15) is 0 Å². The summed E-state index contributed by atoms with van der Waals surface area (Å²) < 4.78 is 11.8. The predicted molar refractivity (Wildman–Crippen MR) is 69.5 cm³/mol. The van der Waals surface area contributed by atoms with E-state index < -0.39 is 0 Å². The van der Waals surface area contributed by atoms with E-state index in [1.54, 1.807) is 0 Å². The highest BCUT2D eigenvalue weighted by molar-refractivity contribution is 5.43. The van der Waals surface area contributed by atoms with Gasteiger partial charge in [0.1, 0.15) is 5.75 Å².